The van der Waals surface area contributed by atoms with Crippen LogP contribution in [-0.4, -0.2) is 65.6 Å². The fourth-order valence-corrected chi connectivity index (χ4v) is 3.32. The molecule has 0 aromatic carbocycles. The summed E-state index contributed by atoms with van der Waals surface area (Å²) >= 11 is 0. The van der Waals surface area contributed by atoms with Crippen LogP contribution in [0.15, 0.2) is 12.1 Å². The summed E-state index contributed by atoms with van der Waals surface area (Å²) in [5.41, 5.74) is 8.02. The van der Waals surface area contributed by atoms with E-state index in [4.69, 9.17) is 15.8 Å². The zero-order valence-electron chi connectivity index (χ0n) is 17.2. The van der Waals surface area contributed by atoms with Crippen LogP contribution in [0.3, 0.4) is 0 Å². The number of nitrogens with zero attached hydrogens (tertiary/aromatic N) is 2. The number of carboxylic acid groups (broad SMARTS) is 1. The maximum absolute atomic E-state index is 11.1. The summed E-state index contributed by atoms with van der Waals surface area (Å²) in [5.74, 6) is -0.00785. The van der Waals surface area contributed by atoms with Crippen molar-refractivity contribution in [2.45, 2.75) is 51.5 Å². The Balaban J connectivity index is 0.00000420. The molecule has 1 aromatic rings. The summed E-state index contributed by atoms with van der Waals surface area (Å²) in [6, 6.07) is 3.44. The molecule has 1 aromatic heterocycles. The van der Waals surface area contributed by atoms with Gasteiger partial charge >= 0.3 is 5.97 Å². The van der Waals surface area contributed by atoms with E-state index in [9.17, 15) is 9.59 Å². The summed E-state index contributed by atoms with van der Waals surface area (Å²) in [4.78, 5) is 28.9. The van der Waals surface area contributed by atoms with E-state index in [0.29, 0.717) is 26.1 Å². The standard InChI is InChI=1S/C20H33N5O3.ClH/c1-15(26)22-11-14-25(13-9-18(21)20(27)28)12-3-2-6-17-8-7-16-5-4-10-23-19(16)24-17;/h7-8,18H,2-6,9-14,21H2,1H3,(H,22,26)(H,23,24)(H,27,28);1H. The highest BCUT2D eigenvalue weighted by atomic mass is 35.5. The quantitative estimate of drug-likeness (QED) is 0.372. The highest BCUT2D eigenvalue weighted by Gasteiger charge is 2.14. The van der Waals surface area contributed by atoms with Gasteiger partial charge in [0.1, 0.15) is 11.9 Å². The molecule has 1 aliphatic rings. The number of aryl methyl sites for hydroxylation is 2. The van der Waals surface area contributed by atoms with Gasteiger partial charge in [0.2, 0.25) is 5.91 Å². The average Bonchev–Trinajstić information content (AvgIpc) is 2.68. The van der Waals surface area contributed by atoms with Crippen LogP contribution in [0.4, 0.5) is 5.82 Å². The minimum atomic E-state index is -0.978. The van der Waals surface area contributed by atoms with Crippen molar-refractivity contribution in [1.82, 2.24) is 15.2 Å². The van der Waals surface area contributed by atoms with E-state index in [1.807, 2.05) is 0 Å². The Bertz CT molecular complexity index is 659. The molecule has 0 aliphatic carbocycles. The first-order valence-electron chi connectivity index (χ1n) is 10.1. The second-order valence-corrected chi connectivity index (χ2v) is 7.36. The molecule has 2 rings (SSSR count). The number of hydrogen-bond donors (Lipinski definition) is 4. The van der Waals surface area contributed by atoms with E-state index in [1.54, 1.807) is 0 Å². The van der Waals surface area contributed by atoms with Crippen LogP contribution in [0, 0.1) is 0 Å². The minimum absolute atomic E-state index is 0. The van der Waals surface area contributed by atoms with Gasteiger partial charge in [-0.25, -0.2) is 4.98 Å². The number of anilines is 1. The van der Waals surface area contributed by atoms with Gasteiger partial charge < -0.3 is 26.4 Å². The lowest BCUT2D eigenvalue weighted by atomic mass is 10.1. The SMILES string of the molecule is CC(=O)NCCN(CCCCc1ccc2c(n1)NCCC2)CCC(N)C(=O)O.Cl. The molecular formula is C20H34ClN5O3. The van der Waals surface area contributed by atoms with Gasteiger partial charge in [-0.2, -0.15) is 0 Å². The Morgan fingerprint density at radius 1 is 1.31 bits per heavy atom. The first-order valence-corrected chi connectivity index (χ1v) is 10.1. The topological polar surface area (TPSA) is 121 Å². The molecule has 0 saturated heterocycles. The van der Waals surface area contributed by atoms with Crippen molar-refractivity contribution in [3.05, 3.63) is 23.4 Å². The Hall–Kier alpha value is -1.90. The third-order valence-corrected chi connectivity index (χ3v) is 4.98. The molecular weight excluding hydrogens is 394 g/mol. The van der Waals surface area contributed by atoms with Crippen LogP contribution in [0.2, 0.25) is 0 Å². The van der Waals surface area contributed by atoms with Gasteiger partial charge in [0.05, 0.1) is 0 Å². The van der Waals surface area contributed by atoms with Crippen molar-refractivity contribution in [3.63, 3.8) is 0 Å². The zero-order chi connectivity index (χ0) is 20.4. The summed E-state index contributed by atoms with van der Waals surface area (Å²) in [5, 5.41) is 15.1. The van der Waals surface area contributed by atoms with E-state index in [0.717, 1.165) is 56.7 Å². The molecule has 0 bridgehead atoms. The lowest BCUT2D eigenvalue weighted by Crippen LogP contribution is -2.39. The number of fused-ring (bicyclic) bond motifs is 1. The normalized spacial score (nSPS) is 13.8. The highest BCUT2D eigenvalue weighted by Crippen LogP contribution is 2.20. The lowest BCUT2D eigenvalue weighted by molar-refractivity contribution is -0.138. The second kappa shape index (κ2) is 13.3. The number of unbranched alkanes of at least 4 members (excludes halogenated alkanes) is 1. The van der Waals surface area contributed by atoms with Gasteiger partial charge in [0.15, 0.2) is 0 Å². The Kier molecular flexibility index (Phi) is 11.6. The molecule has 1 amide bonds. The number of carbonyl (C=O) groups excluding carboxylic acids is 1. The zero-order valence-corrected chi connectivity index (χ0v) is 18.0. The predicted molar refractivity (Wildman–Crippen MR) is 117 cm³/mol. The fourth-order valence-electron chi connectivity index (χ4n) is 3.32. The van der Waals surface area contributed by atoms with E-state index in [-0.39, 0.29) is 18.3 Å². The van der Waals surface area contributed by atoms with Crippen LogP contribution in [0.25, 0.3) is 0 Å². The molecule has 1 atom stereocenters. The maximum atomic E-state index is 11.1. The number of carboxylic acids is 1. The number of aromatic nitrogens is 1. The van der Waals surface area contributed by atoms with Crippen molar-refractivity contribution >= 4 is 30.1 Å². The molecule has 29 heavy (non-hydrogen) atoms. The van der Waals surface area contributed by atoms with E-state index >= 15 is 0 Å². The Labute approximate surface area is 179 Å². The van der Waals surface area contributed by atoms with Gasteiger partial charge in [-0.3, -0.25) is 9.59 Å². The highest BCUT2D eigenvalue weighted by molar-refractivity contribution is 5.85. The molecule has 0 spiro atoms. The summed E-state index contributed by atoms with van der Waals surface area (Å²) in [6.45, 7) is 5.17. The van der Waals surface area contributed by atoms with Gasteiger partial charge in [0, 0.05) is 38.8 Å². The van der Waals surface area contributed by atoms with Crippen molar-refractivity contribution in [1.29, 1.82) is 0 Å². The third-order valence-electron chi connectivity index (χ3n) is 4.98. The second-order valence-electron chi connectivity index (χ2n) is 7.36. The van der Waals surface area contributed by atoms with Crippen LogP contribution in [-0.2, 0) is 22.4 Å². The summed E-state index contributed by atoms with van der Waals surface area (Å²) in [7, 11) is 0. The van der Waals surface area contributed by atoms with E-state index < -0.39 is 12.0 Å². The molecule has 5 N–H and O–H groups in total. The largest absolute Gasteiger partial charge is 0.480 e. The number of aliphatic carboxylic acids is 1. The number of pyridine rings is 1. The average molecular weight is 428 g/mol. The number of carbonyl (C=O) groups is 2. The van der Waals surface area contributed by atoms with Crippen molar-refractivity contribution < 1.29 is 14.7 Å². The fraction of sp³-hybridized carbons (Fsp3) is 0.650. The number of halogens is 1. The minimum Gasteiger partial charge on any atom is -0.480 e. The van der Waals surface area contributed by atoms with Crippen LogP contribution < -0.4 is 16.4 Å². The lowest BCUT2D eigenvalue weighted by Gasteiger charge is -2.23. The van der Waals surface area contributed by atoms with Gasteiger partial charge in [-0.05, 0) is 56.7 Å². The van der Waals surface area contributed by atoms with E-state index in [1.165, 1.54) is 12.5 Å². The first-order chi connectivity index (χ1) is 13.5. The van der Waals surface area contributed by atoms with Crippen LogP contribution in [0.1, 0.15) is 43.9 Å². The molecule has 2 heterocycles. The molecule has 1 aliphatic heterocycles. The van der Waals surface area contributed by atoms with Crippen molar-refractivity contribution in [3.8, 4) is 0 Å². The molecule has 1 unspecified atom stereocenters. The Morgan fingerprint density at radius 2 is 2.10 bits per heavy atom. The van der Waals surface area contributed by atoms with Gasteiger partial charge in [-0.15, -0.1) is 12.4 Å². The number of rotatable bonds is 12. The summed E-state index contributed by atoms with van der Waals surface area (Å²) in [6.07, 6.45) is 5.56. The van der Waals surface area contributed by atoms with Crippen molar-refractivity contribution in [2.75, 3.05) is 38.0 Å². The molecule has 9 heteroatoms. The molecule has 0 saturated carbocycles. The first kappa shape index (κ1) is 25.1. The molecule has 8 nitrogen and oxygen atoms in total. The van der Waals surface area contributed by atoms with Crippen LogP contribution in [0.5, 0.6) is 0 Å². The maximum Gasteiger partial charge on any atom is 0.320 e. The number of hydrogen-bond acceptors (Lipinski definition) is 6. The predicted octanol–water partition coefficient (Wildman–Crippen LogP) is 1.42. The van der Waals surface area contributed by atoms with Crippen molar-refractivity contribution in [2.24, 2.45) is 5.73 Å². The number of nitrogens with two attached hydrogens (primary N) is 1. The molecule has 0 radical (unpaired) electrons. The Morgan fingerprint density at radius 3 is 2.83 bits per heavy atom. The molecule has 0 fully saturated rings. The molecule has 164 valence electrons. The van der Waals surface area contributed by atoms with Gasteiger partial charge in [-0.1, -0.05) is 6.07 Å². The van der Waals surface area contributed by atoms with E-state index in [2.05, 4.69) is 27.7 Å². The number of nitrogens with one attached hydrogen (secondary N) is 2. The smallest absolute Gasteiger partial charge is 0.320 e. The van der Waals surface area contributed by atoms with Crippen LogP contribution >= 0.6 is 12.4 Å². The number of amides is 1. The third kappa shape index (κ3) is 9.43. The summed E-state index contributed by atoms with van der Waals surface area (Å²) < 4.78 is 0. The van der Waals surface area contributed by atoms with Gasteiger partial charge in [0.25, 0.3) is 0 Å². The monoisotopic (exact) mass is 427 g/mol.